The number of nitrogens with zero attached hydrogens (tertiary/aromatic N) is 2. The molecule has 1 heterocycles. The van der Waals surface area contributed by atoms with Gasteiger partial charge in [-0.25, -0.2) is 0 Å². The van der Waals surface area contributed by atoms with Crippen LogP contribution in [0.1, 0.15) is 18.2 Å². The summed E-state index contributed by atoms with van der Waals surface area (Å²) in [5.74, 6) is 0. The van der Waals surface area contributed by atoms with Crippen LogP contribution in [0.4, 0.5) is 0 Å². The minimum absolute atomic E-state index is 0. The SMILES string of the molecule is CC(=[C-]c1[c-]c(-c2[c-]cccc2)nc[n+]1C)c1[c-]cccc1.[B].[CH3-].[Y+3].[Y]. The second-order valence-corrected chi connectivity index (χ2v) is 4.98. The second kappa shape index (κ2) is 13.7. The topological polar surface area (TPSA) is 16.8 Å². The second-order valence-electron chi connectivity index (χ2n) is 4.98. The van der Waals surface area contributed by atoms with E-state index in [9.17, 15) is 0 Å². The van der Waals surface area contributed by atoms with E-state index in [-0.39, 0.29) is 81.3 Å². The molecule has 0 saturated heterocycles. The average molecular weight is 487 g/mol. The van der Waals surface area contributed by atoms with Crippen molar-refractivity contribution in [3.05, 3.63) is 97.8 Å². The van der Waals surface area contributed by atoms with Gasteiger partial charge in [-0.15, -0.1) is 59.6 Å². The molecule has 1 aromatic heterocycles. The summed E-state index contributed by atoms with van der Waals surface area (Å²) in [5.41, 5.74) is 4.58. The molecule has 0 aliphatic rings. The van der Waals surface area contributed by atoms with E-state index in [1.165, 1.54) is 0 Å². The molecule has 0 N–H and O–H groups in total. The third-order valence-corrected chi connectivity index (χ3v) is 3.33. The van der Waals surface area contributed by atoms with E-state index in [1.54, 1.807) is 6.33 Å². The number of rotatable bonds is 3. The smallest absolute Gasteiger partial charge is 0.360 e. The van der Waals surface area contributed by atoms with Gasteiger partial charge in [-0.1, -0.05) is 0 Å². The molecule has 26 heavy (non-hydrogen) atoms. The number of aryl methyl sites for hydroxylation is 1. The van der Waals surface area contributed by atoms with Crippen LogP contribution in [0.2, 0.25) is 0 Å². The summed E-state index contributed by atoms with van der Waals surface area (Å²) in [4.78, 5) is 4.41. The minimum Gasteiger partial charge on any atom is -0.360 e. The molecule has 4 radical (unpaired) electrons. The Hall–Kier alpha value is -0.467. The number of hydrogen-bond donors (Lipinski definition) is 0. The van der Waals surface area contributed by atoms with E-state index in [4.69, 9.17) is 0 Å². The largest absolute Gasteiger partial charge is 3.00 e. The molecule has 0 aliphatic heterocycles. The molecule has 3 rings (SSSR count). The van der Waals surface area contributed by atoms with Crippen LogP contribution in [-0.2, 0) is 72.5 Å². The summed E-state index contributed by atoms with van der Waals surface area (Å²) in [6.45, 7) is 2.02. The van der Waals surface area contributed by atoms with Crippen molar-refractivity contribution in [3.8, 4) is 11.3 Å². The van der Waals surface area contributed by atoms with Gasteiger partial charge in [-0.2, -0.15) is 12.1 Å². The van der Waals surface area contributed by atoms with Crippen molar-refractivity contribution in [1.82, 2.24) is 4.98 Å². The molecular weight excluding hydrogens is 469 g/mol. The van der Waals surface area contributed by atoms with Crippen molar-refractivity contribution < 1.29 is 70.0 Å². The summed E-state index contributed by atoms with van der Waals surface area (Å²) < 4.78 is 1.90. The molecule has 0 unspecified atom stereocenters. The van der Waals surface area contributed by atoms with Crippen LogP contribution in [0, 0.1) is 31.7 Å². The van der Waals surface area contributed by atoms with Gasteiger partial charge in [-0.05, 0) is 5.69 Å². The van der Waals surface area contributed by atoms with E-state index in [0.717, 1.165) is 28.1 Å². The molecule has 2 nitrogen and oxygen atoms in total. The van der Waals surface area contributed by atoms with Crippen LogP contribution in [0.3, 0.4) is 0 Å². The van der Waals surface area contributed by atoms with Crippen molar-refractivity contribution in [2.45, 2.75) is 6.92 Å². The standard InChI is InChI=1S/C20H15N2.CH3.B.2Y/c1-16(17-9-5-3-6-10-17)13-19-14-20(21-15-22(19)2)18-11-7-4-8-12-18;;;;/h3-9,11,15H,1-2H3;1H3;;;/q-3;-1;;;+3. The fourth-order valence-corrected chi connectivity index (χ4v) is 2.10. The van der Waals surface area contributed by atoms with Gasteiger partial charge in [0.15, 0.2) is 0 Å². The fraction of sp³-hybridized carbons (Fsp3) is 0.0952. The molecule has 122 valence electrons. The van der Waals surface area contributed by atoms with E-state index >= 15 is 0 Å². The zero-order valence-electron chi connectivity index (χ0n) is 15.3. The molecule has 0 amide bonds. The fourth-order valence-electron chi connectivity index (χ4n) is 2.10. The Bertz CT molecular complexity index is 807. The van der Waals surface area contributed by atoms with Gasteiger partial charge in [0.2, 0.25) is 0 Å². The molecule has 0 atom stereocenters. The maximum Gasteiger partial charge on any atom is 3.00 e. The number of benzene rings is 2. The quantitative estimate of drug-likeness (QED) is 0.315. The monoisotopic (exact) mass is 487 g/mol. The average Bonchev–Trinajstić information content (AvgIpc) is 2.58. The Morgan fingerprint density at radius 3 is 2.31 bits per heavy atom. The van der Waals surface area contributed by atoms with Crippen molar-refractivity contribution in [2.75, 3.05) is 0 Å². The molecular formula is C21H18BN2Y2-. The molecule has 0 saturated carbocycles. The van der Waals surface area contributed by atoms with Gasteiger partial charge < -0.3 is 24.6 Å². The molecule has 0 fully saturated rings. The van der Waals surface area contributed by atoms with Gasteiger partial charge in [0.05, 0.1) is 7.05 Å². The first-order valence-corrected chi connectivity index (χ1v) is 7.07. The first-order valence-electron chi connectivity index (χ1n) is 7.07. The Morgan fingerprint density at radius 1 is 1.08 bits per heavy atom. The Kier molecular flexibility index (Phi) is 14.6. The number of aromatic nitrogens is 2. The zero-order chi connectivity index (χ0) is 15.4. The first-order chi connectivity index (χ1) is 10.7. The van der Waals surface area contributed by atoms with Crippen LogP contribution in [-0.4, -0.2) is 13.4 Å². The first kappa shape index (κ1) is 27.7. The third kappa shape index (κ3) is 7.27. The van der Waals surface area contributed by atoms with E-state index in [1.807, 2.05) is 67.1 Å². The predicted octanol–water partition coefficient (Wildman–Crippen LogP) is 3.29. The molecule has 0 spiro atoms. The van der Waals surface area contributed by atoms with E-state index in [0.29, 0.717) is 0 Å². The Labute approximate surface area is 209 Å². The van der Waals surface area contributed by atoms with Crippen molar-refractivity contribution in [3.63, 3.8) is 0 Å². The van der Waals surface area contributed by atoms with E-state index < -0.39 is 0 Å². The summed E-state index contributed by atoms with van der Waals surface area (Å²) >= 11 is 0. The minimum atomic E-state index is 0. The predicted molar refractivity (Wildman–Crippen MR) is 97.4 cm³/mol. The zero-order valence-corrected chi connectivity index (χ0v) is 21.0. The number of allylic oxidation sites excluding steroid dienone is 1. The molecule has 5 heteroatoms. The summed E-state index contributed by atoms with van der Waals surface area (Å²) in [5, 5.41) is 0. The summed E-state index contributed by atoms with van der Waals surface area (Å²) in [6.07, 6.45) is 5.15. The normalized spacial score (nSPS) is 9.69. The maximum atomic E-state index is 4.41. The Balaban J connectivity index is 0. The van der Waals surface area contributed by atoms with E-state index in [2.05, 4.69) is 29.3 Å². The van der Waals surface area contributed by atoms with Crippen LogP contribution >= 0.6 is 0 Å². The summed E-state index contributed by atoms with van der Waals surface area (Å²) in [7, 11) is 1.94. The maximum absolute atomic E-state index is 4.41. The van der Waals surface area contributed by atoms with Gasteiger partial charge in [0.1, 0.15) is 0 Å². The van der Waals surface area contributed by atoms with Crippen LogP contribution in [0.5, 0.6) is 0 Å². The van der Waals surface area contributed by atoms with Crippen LogP contribution in [0.25, 0.3) is 16.8 Å². The van der Waals surface area contributed by atoms with Crippen LogP contribution < -0.4 is 4.57 Å². The molecule has 3 aromatic rings. The van der Waals surface area contributed by atoms with Crippen molar-refractivity contribution in [2.24, 2.45) is 7.05 Å². The molecule has 2 aromatic carbocycles. The summed E-state index contributed by atoms with van der Waals surface area (Å²) in [6, 6.07) is 25.3. The van der Waals surface area contributed by atoms with Gasteiger partial charge in [0.25, 0.3) is 6.33 Å². The van der Waals surface area contributed by atoms with Gasteiger partial charge in [0, 0.05) is 41.1 Å². The van der Waals surface area contributed by atoms with Crippen molar-refractivity contribution in [1.29, 1.82) is 0 Å². The van der Waals surface area contributed by atoms with Crippen LogP contribution in [0.15, 0.2) is 54.9 Å². The van der Waals surface area contributed by atoms with Crippen molar-refractivity contribution >= 4 is 14.0 Å². The third-order valence-electron chi connectivity index (χ3n) is 3.33. The molecule has 0 bridgehead atoms. The van der Waals surface area contributed by atoms with Gasteiger partial charge in [-0.3, -0.25) is 22.8 Å². The van der Waals surface area contributed by atoms with Gasteiger partial charge >= 0.3 is 32.7 Å². The molecule has 0 aliphatic carbocycles. The Morgan fingerprint density at radius 2 is 1.73 bits per heavy atom. The number of hydrogen-bond acceptors (Lipinski definition) is 1.